The first kappa shape index (κ1) is 19.8. The summed E-state index contributed by atoms with van der Waals surface area (Å²) in [4.78, 5) is 37.8. The second-order valence-electron chi connectivity index (χ2n) is 6.99. The molecule has 0 saturated heterocycles. The lowest BCUT2D eigenvalue weighted by Crippen LogP contribution is -2.30. The standard InChI is InChI=1S/C21H25N3O4/c1-3-28-21(27)19-16(22-20(26)15-10-5-4-6-11-15)13-18(25)24(23-19)17-12-8-7-9-14(17)2/h7-9,12-13,15H,3-6,10-11H2,1-2H3,(H,22,26). The molecule has 1 aliphatic rings. The van der Waals surface area contributed by atoms with Gasteiger partial charge >= 0.3 is 5.97 Å². The molecule has 1 aliphatic carbocycles. The van der Waals surface area contributed by atoms with Gasteiger partial charge in [-0.25, -0.2) is 4.79 Å². The SMILES string of the molecule is CCOC(=O)c1nn(-c2ccccc2C)c(=O)cc1NC(=O)C1CCCCC1. The molecule has 0 radical (unpaired) electrons. The number of rotatable bonds is 5. The van der Waals surface area contributed by atoms with Crippen LogP contribution in [0.2, 0.25) is 0 Å². The lowest BCUT2D eigenvalue weighted by atomic mass is 9.88. The zero-order chi connectivity index (χ0) is 20.1. The van der Waals surface area contributed by atoms with E-state index in [4.69, 9.17) is 4.74 Å². The number of para-hydroxylation sites is 1. The fourth-order valence-electron chi connectivity index (χ4n) is 3.47. The fraction of sp³-hybridized carbons (Fsp3) is 0.429. The van der Waals surface area contributed by atoms with Gasteiger partial charge in [0, 0.05) is 12.0 Å². The van der Waals surface area contributed by atoms with Crippen LogP contribution in [0.4, 0.5) is 5.69 Å². The summed E-state index contributed by atoms with van der Waals surface area (Å²) >= 11 is 0. The van der Waals surface area contributed by atoms with Crippen molar-refractivity contribution in [3.63, 3.8) is 0 Å². The van der Waals surface area contributed by atoms with Crippen LogP contribution in [-0.2, 0) is 9.53 Å². The Morgan fingerprint density at radius 1 is 1.21 bits per heavy atom. The Morgan fingerprint density at radius 2 is 1.93 bits per heavy atom. The first-order valence-corrected chi connectivity index (χ1v) is 9.69. The molecule has 2 aromatic rings. The van der Waals surface area contributed by atoms with E-state index < -0.39 is 11.5 Å². The number of hydrogen-bond acceptors (Lipinski definition) is 5. The monoisotopic (exact) mass is 383 g/mol. The maximum Gasteiger partial charge on any atom is 0.360 e. The third kappa shape index (κ3) is 4.30. The number of carbonyl (C=O) groups excluding carboxylic acids is 2. The van der Waals surface area contributed by atoms with E-state index in [0.717, 1.165) is 42.3 Å². The molecule has 7 nitrogen and oxygen atoms in total. The number of carbonyl (C=O) groups is 2. The molecule has 1 N–H and O–H groups in total. The van der Waals surface area contributed by atoms with Crippen molar-refractivity contribution in [1.82, 2.24) is 9.78 Å². The number of aryl methyl sites for hydroxylation is 1. The number of aromatic nitrogens is 2. The zero-order valence-corrected chi connectivity index (χ0v) is 16.2. The highest BCUT2D eigenvalue weighted by molar-refractivity contribution is 6.00. The van der Waals surface area contributed by atoms with Gasteiger partial charge < -0.3 is 10.1 Å². The predicted molar refractivity (Wildman–Crippen MR) is 106 cm³/mol. The summed E-state index contributed by atoms with van der Waals surface area (Å²) in [5.41, 5.74) is 1.01. The topological polar surface area (TPSA) is 90.3 Å². The van der Waals surface area contributed by atoms with Crippen molar-refractivity contribution in [3.05, 3.63) is 51.9 Å². The highest BCUT2D eigenvalue weighted by Crippen LogP contribution is 2.25. The molecular weight excluding hydrogens is 358 g/mol. The molecule has 1 aromatic carbocycles. The molecule has 0 bridgehead atoms. The molecule has 0 unspecified atom stereocenters. The van der Waals surface area contributed by atoms with Gasteiger partial charge in [0.15, 0.2) is 5.69 Å². The Hall–Kier alpha value is -2.96. The van der Waals surface area contributed by atoms with Crippen LogP contribution in [0.5, 0.6) is 0 Å². The highest BCUT2D eigenvalue weighted by Gasteiger charge is 2.25. The summed E-state index contributed by atoms with van der Waals surface area (Å²) in [7, 11) is 0. The average molecular weight is 383 g/mol. The third-order valence-corrected chi connectivity index (χ3v) is 4.98. The molecule has 28 heavy (non-hydrogen) atoms. The van der Waals surface area contributed by atoms with Gasteiger partial charge in [0.1, 0.15) is 0 Å². The second kappa shape index (κ2) is 8.82. The summed E-state index contributed by atoms with van der Waals surface area (Å²) in [5.74, 6) is -0.966. The van der Waals surface area contributed by atoms with Crippen LogP contribution in [0, 0.1) is 12.8 Å². The van der Waals surface area contributed by atoms with Crippen molar-refractivity contribution in [2.75, 3.05) is 11.9 Å². The largest absolute Gasteiger partial charge is 0.461 e. The van der Waals surface area contributed by atoms with Crippen molar-refractivity contribution >= 4 is 17.6 Å². The van der Waals surface area contributed by atoms with E-state index in [1.807, 2.05) is 19.1 Å². The minimum absolute atomic E-state index is 0.0751. The number of anilines is 1. The Bertz CT molecular complexity index is 929. The van der Waals surface area contributed by atoms with Gasteiger partial charge in [0.05, 0.1) is 18.0 Å². The summed E-state index contributed by atoms with van der Waals surface area (Å²) < 4.78 is 6.25. The van der Waals surface area contributed by atoms with Crippen molar-refractivity contribution < 1.29 is 14.3 Å². The van der Waals surface area contributed by atoms with Gasteiger partial charge in [0.2, 0.25) is 5.91 Å². The normalized spacial score (nSPS) is 14.5. The van der Waals surface area contributed by atoms with Crippen molar-refractivity contribution in [1.29, 1.82) is 0 Å². The van der Waals surface area contributed by atoms with Gasteiger partial charge in [0.25, 0.3) is 5.56 Å². The van der Waals surface area contributed by atoms with E-state index in [2.05, 4.69) is 10.4 Å². The molecule has 1 fully saturated rings. The number of ether oxygens (including phenoxy) is 1. The number of nitrogens with one attached hydrogen (secondary N) is 1. The van der Waals surface area contributed by atoms with Crippen molar-refractivity contribution in [2.45, 2.75) is 46.0 Å². The predicted octanol–water partition coefficient (Wildman–Crippen LogP) is 3.24. The van der Waals surface area contributed by atoms with Crippen LogP contribution < -0.4 is 10.9 Å². The molecule has 148 valence electrons. The summed E-state index contributed by atoms with van der Waals surface area (Å²) in [6.07, 6.45) is 4.78. The third-order valence-electron chi connectivity index (χ3n) is 4.98. The van der Waals surface area contributed by atoms with Crippen LogP contribution in [-0.4, -0.2) is 28.3 Å². The second-order valence-corrected chi connectivity index (χ2v) is 6.99. The van der Waals surface area contributed by atoms with E-state index in [9.17, 15) is 14.4 Å². The van der Waals surface area contributed by atoms with Gasteiger partial charge in [-0.3, -0.25) is 9.59 Å². The van der Waals surface area contributed by atoms with E-state index in [0.29, 0.717) is 5.69 Å². The Kier molecular flexibility index (Phi) is 6.23. The van der Waals surface area contributed by atoms with Gasteiger partial charge in [-0.1, -0.05) is 37.5 Å². The molecule has 1 heterocycles. The number of amides is 1. The first-order chi connectivity index (χ1) is 13.5. The molecule has 0 spiro atoms. The van der Waals surface area contributed by atoms with Crippen LogP contribution in [0.25, 0.3) is 5.69 Å². The smallest absolute Gasteiger partial charge is 0.360 e. The number of benzene rings is 1. The van der Waals surface area contributed by atoms with Crippen molar-refractivity contribution in [2.24, 2.45) is 5.92 Å². The van der Waals surface area contributed by atoms with Crippen molar-refractivity contribution in [3.8, 4) is 5.69 Å². The minimum atomic E-state index is -0.677. The van der Waals surface area contributed by atoms with Crippen LogP contribution in [0.1, 0.15) is 55.1 Å². The average Bonchev–Trinajstić information content (AvgIpc) is 2.69. The number of esters is 1. The maximum atomic E-state index is 12.7. The van der Waals surface area contributed by atoms with Crippen LogP contribution in [0.15, 0.2) is 35.1 Å². The Morgan fingerprint density at radius 3 is 2.61 bits per heavy atom. The summed E-state index contributed by atoms with van der Waals surface area (Å²) in [5, 5.41) is 6.97. The Balaban J connectivity index is 2.00. The first-order valence-electron chi connectivity index (χ1n) is 9.69. The molecule has 0 atom stereocenters. The van der Waals surface area contributed by atoms with Crippen LogP contribution >= 0.6 is 0 Å². The fourth-order valence-corrected chi connectivity index (χ4v) is 3.47. The van der Waals surface area contributed by atoms with Crippen LogP contribution in [0.3, 0.4) is 0 Å². The van der Waals surface area contributed by atoms with Gasteiger partial charge in [-0.05, 0) is 38.3 Å². The van der Waals surface area contributed by atoms with E-state index >= 15 is 0 Å². The molecule has 1 aromatic heterocycles. The lowest BCUT2D eigenvalue weighted by Gasteiger charge is -2.21. The molecule has 3 rings (SSSR count). The van der Waals surface area contributed by atoms with Gasteiger partial charge in [-0.15, -0.1) is 0 Å². The number of hydrogen-bond donors (Lipinski definition) is 1. The molecule has 1 amide bonds. The molecule has 0 aliphatic heterocycles. The molecule has 7 heteroatoms. The summed E-state index contributed by atoms with van der Waals surface area (Å²) in [6, 6.07) is 8.49. The molecule has 1 saturated carbocycles. The highest BCUT2D eigenvalue weighted by atomic mass is 16.5. The summed E-state index contributed by atoms with van der Waals surface area (Å²) in [6.45, 7) is 3.71. The Labute approximate surface area is 163 Å². The number of nitrogens with zero attached hydrogens (tertiary/aromatic N) is 2. The lowest BCUT2D eigenvalue weighted by molar-refractivity contribution is -0.120. The van der Waals surface area contributed by atoms with Gasteiger partial charge in [-0.2, -0.15) is 9.78 Å². The maximum absolute atomic E-state index is 12.7. The van der Waals surface area contributed by atoms with E-state index in [1.54, 1.807) is 19.1 Å². The molecular formula is C21H25N3O4. The zero-order valence-electron chi connectivity index (χ0n) is 16.2. The minimum Gasteiger partial charge on any atom is -0.461 e. The quantitative estimate of drug-likeness (QED) is 0.801. The van der Waals surface area contributed by atoms with E-state index in [1.165, 1.54) is 6.07 Å². The van der Waals surface area contributed by atoms with E-state index in [-0.39, 0.29) is 29.8 Å².